The third-order valence-corrected chi connectivity index (χ3v) is 3.49. The molecule has 3 nitrogen and oxygen atoms in total. The van der Waals surface area contributed by atoms with E-state index in [-0.39, 0.29) is 30.3 Å². The van der Waals surface area contributed by atoms with Gasteiger partial charge in [0.25, 0.3) is 0 Å². The Bertz CT molecular complexity index is 306. The molecule has 0 spiro atoms. The molecule has 0 radical (unpaired) electrons. The number of nitriles is 1. The summed E-state index contributed by atoms with van der Waals surface area (Å²) in [5.74, 6) is 0.105. The normalized spacial score (nSPS) is 30.4. The third-order valence-electron chi connectivity index (χ3n) is 3.49. The monoisotopic (exact) mass is 221 g/mol. The van der Waals surface area contributed by atoms with E-state index in [1.54, 1.807) is 6.08 Å². The van der Waals surface area contributed by atoms with E-state index in [9.17, 15) is 4.79 Å². The molecule has 0 aromatic rings. The fourth-order valence-corrected chi connectivity index (χ4v) is 2.54. The maximum atomic E-state index is 11.9. The molecule has 0 aromatic carbocycles. The summed E-state index contributed by atoms with van der Waals surface area (Å²) < 4.78 is 5.10. The molecule has 0 aromatic heterocycles. The van der Waals surface area contributed by atoms with E-state index in [1.165, 1.54) is 0 Å². The second-order valence-electron chi connectivity index (χ2n) is 4.58. The SMILES string of the molecule is C=CCOC(=O)C1C(C)CCC1C(C)C#N. The van der Waals surface area contributed by atoms with Crippen molar-refractivity contribution in [2.24, 2.45) is 23.7 Å². The van der Waals surface area contributed by atoms with E-state index in [2.05, 4.69) is 19.6 Å². The largest absolute Gasteiger partial charge is 0.461 e. The lowest BCUT2D eigenvalue weighted by Crippen LogP contribution is -2.28. The lowest BCUT2D eigenvalue weighted by molar-refractivity contribution is -0.150. The molecule has 0 amide bonds. The van der Waals surface area contributed by atoms with Crippen molar-refractivity contribution in [3.8, 4) is 6.07 Å². The quantitative estimate of drug-likeness (QED) is 0.541. The zero-order valence-corrected chi connectivity index (χ0v) is 9.98. The van der Waals surface area contributed by atoms with Crippen LogP contribution in [0.5, 0.6) is 0 Å². The Kier molecular flexibility index (Phi) is 4.54. The molecule has 0 bridgehead atoms. The number of esters is 1. The summed E-state index contributed by atoms with van der Waals surface area (Å²) in [5, 5.41) is 8.94. The number of carbonyl (C=O) groups excluding carboxylic acids is 1. The third kappa shape index (κ3) is 2.63. The summed E-state index contributed by atoms with van der Waals surface area (Å²) in [7, 11) is 0. The van der Waals surface area contributed by atoms with Gasteiger partial charge in [-0.25, -0.2) is 0 Å². The highest BCUT2D eigenvalue weighted by Crippen LogP contribution is 2.41. The van der Waals surface area contributed by atoms with Crippen molar-refractivity contribution in [3.05, 3.63) is 12.7 Å². The van der Waals surface area contributed by atoms with Gasteiger partial charge in [-0.05, 0) is 31.6 Å². The number of carbonyl (C=O) groups is 1. The van der Waals surface area contributed by atoms with Gasteiger partial charge in [0.05, 0.1) is 12.0 Å². The lowest BCUT2D eigenvalue weighted by Gasteiger charge is -2.22. The fourth-order valence-electron chi connectivity index (χ4n) is 2.54. The molecule has 1 fully saturated rings. The van der Waals surface area contributed by atoms with Crippen LogP contribution >= 0.6 is 0 Å². The molecular weight excluding hydrogens is 202 g/mol. The zero-order valence-electron chi connectivity index (χ0n) is 9.98. The first-order valence-electron chi connectivity index (χ1n) is 5.79. The maximum absolute atomic E-state index is 11.9. The fraction of sp³-hybridized carbons (Fsp3) is 0.692. The highest BCUT2D eigenvalue weighted by atomic mass is 16.5. The van der Waals surface area contributed by atoms with Gasteiger partial charge < -0.3 is 4.74 Å². The highest BCUT2D eigenvalue weighted by molar-refractivity contribution is 5.73. The van der Waals surface area contributed by atoms with Crippen molar-refractivity contribution < 1.29 is 9.53 Å². The summed E-state index contributed by atoms with van der Waals surface area (Å²) >= 11 is 0. The molecule has 0 aliphatic heterocycles. The van der Waals surface area contributed by atoms with Gasteiger partial charge in [-0.3, -0.25) is 4.79 Å². The van der Waals surface area contributed by atoms with Gasteiger partial charge in [-0.15, -0.1) is 0 Å². The van der Waals surface area contributed by atoms with Crippen LogP contribution in [0.4, 0.5) is 0 Å². The Morgan fingerprint density at radius 2 is 2.38 bits per heavy atom. The molecule has 0 heterocycles. The molecule has 1 saturated carbocycles. The molecule has 0 saturated heterocycles. The van der Waals surface area contributed by atoms with E-state index in [0.717, 1.165) is 12.8 Å². The number of hydrogen-bond donors (Lipinski definition) is 0. The van der Waals surface area contributed by atoms with Crippen LogP contribution in [0.15, 0.2) is 12.7 Å². The summed E-state index contributed by atoms with van der Waals surface area (Å²) in [6, 6.07) is 2.24. The molecule has 88 valence electrons. The summed E-state index contributed by atoms with van der Waals surface area (Å²) in [6.07, 6.45) is 3.52. The standard InChI is InChI=1S/C13H19NO2/c1-4-7-16-13(15)12-9(2)5-6-11(12)10(3)8-14/h4,9-12H,1,5-7H2,2-3H3. The Hall–Kier alpha value is -1.30. The topological polar surface area (TPSA) is 50.1 Å². The second-order valence-corrected chi connectivity index (χ2v) is 4.58. The molecule has 1 aliphatic carbocycles. The predicted octanol–water partition coefficient (Wildman–Crippen LogP) is 2.54. The van der Waals surface area contributed by atoms with E-state index < -0.39 is 0 Å². The van der Waals surface area contributed by atoms with Crippen LogP contribution in [0, 0.1) is 35.0 Å². The molecule has 3 heteroatoms. The van der Waals surface area contributed by atoms with Crippen molar-refractivity contribution in [2.45, 2.75) is 26.7 Å². The predicted molar refractivity (Wildman–Crippen MR) is 61.3 cm³/mol. The van der Waals surface area contributed by atoms with Gasteiger partial charge >= 0.3 is 5.97 Å². The number of nitrogens with zero attached hydrogens (tertiary/aromatic N) is 1. The Morgan fingerprint density at radius 3 is 2.94 bits per heavy atom. The van der Waals surface area contributed by atoms with E-state index in [1.807, 2.05) is 6.92 Å². The zero-order chi connectivity index (χ0) is 12.1. The summed E-state index contributed by atoms with van der Waals surface area (Å²) in [5.41, 5.74) is 0. The minimum atomic E-state index is -0.169. The van der Waals surface area contributed by atoms with Gasteiger partial charge in [0.2, 0.25) is 0 Å². The van der Waals surface area contributed by atoms with Gasteiger partial charge in [-0.1, -0.05) is 19.6 Å². The van der Waals surface area contributed by atoms with Crippen LogP contribution in [-0.2, 0) is 9.53 Å². The van der Waals surface area contributed by atoms with Crippen LogP contribution in [0.25, 0.3) is 0 Å². The molecule has 0 N–H and O–H groups in total. The van der Waals surface area contributed by atoms with Crippen LogP contribution in [0.2, 0.25) is 0 Å². The van der Waals surface area contributed by atoms with Crippen molar-refractivity contribution in [3.63, 3.8) is 0 Å². The van der Waals surface area contributed by atoms with Crippen LogP contribution in [0.1, 0.15) is 26.7 Å². The Labute approximate surface area is 97.1 Å². The summed E-state index contributed by atoms with van der Waals surface area (Å²) in [6.45, 7) is 7.72. The summed E-state index contributed by atoms with van der Waals surface area (Å²) in [4.78, 5) is 11.9. The molecule has 1 rings (SSSR count). The van der Waals surface area contributed by atoms with Gasteiger partial charge in [0, 0.05) is 5.92 Å². The molecule has 4 atom stereocenters. The second kappa shape index (κ2) is 5.69. The van der Waals surface area contributed by atoms with E-state index in [0.29, 0.717) is 5.92 Å². The minimum Gasteiger partial charge on any atom is -0.461 e. The number of ether oxygens (including phenoxy) is 1. The lowest BCUT2D eigenvalue weighted by atomic mass is 9.83. The highest BCUT2D eigenvalue weighted by Gasteiger charge is 2.42. The van der Waals surface area contributed by atoms with Crippen molar-refractivity contribution in [1.82, 2.24) is 0 Å². The smallest absolute Gasteiger partial charge is 0.309 e. The van der Waals surface area contributed by atoms with Gasteiger partial charge in [0.1, 0.15) is 6.61 Å². The minimum absolute atomic E-state index is 0.0776. The first-order chi connectivity index (χ1) is 7.61. The molecule has 4 unspecified atom stereocenters. The van der Waals surface area contributed by atoms with Crippen molar-refractivity contribution in [1.29, 1.82) is 5.26 Å². The van der Waals surface area contributed by atoms with Crippen LogP contribution in [0.3, 0.4) is 0 Å². The number of hydrogen-bond acceptors (Lipinski definition) is 3. The maximum Gasteiger partial charge on any atom is 0.309 e. The molecule has 1 aliphatic rings. The Balaban J connectivity index is 2.70. The molecular formula is C13H19NO2. The first kappa shape index (κ1) is 12.8. The molecule has 16 heavy (non-hydrogen) atoms. The first-order valence-corrected chi connectivity index (χ1v) is 5.79. The number of rotatable bonds is 4. The van der Waals surface area contributed by atoms with E-state index in [4.69, 9.17) is 10.00 Å². The van der Waals surface area contributed by atoms with Gasteiger partial charge in [0.15, 0.2) is 0 Å². The van der Waals surface area contributed by atoms with Crippen LogP contribution in [-0.4, -0.2) is 12.6 Å². The van der Waals surface area contributed by atoms with Gasteiger partial charge in [-0.2, -0.15) is 5.26 Å². The average Bonchev–Trinajstić information content (AvgIpc) is 2.67. The van der Waals surface area contributed by atoms with E-state index >= 15 is 0 Å². The Morgan fingerprint density at radius 1 is 1.69 bits per heavy atom. The average molecular weight is 221 g/mol. The van der Waals surface area contributed by atoms with Crippen molar-refractivity contribution in [2.75, 3.05) is 6.61 Å². The van der Waals surface area contributed by atoms with Crippen LogP contribution < -0.4 is 0 Å². The van der Waals surface area contributed by atoms with Crippen molar-refractivity contribution >= 4 is 5.97 Å².